The molecule has 0 radical (unpaired) electrons. The molecule has 0 fully saturated rings. The molecule has 0 bridgehead atoms. The number of ether oxygens (including phenoxy) is 2. The Morgan fingerprint density at radius 2 is 1.44 bits per heavy atom. The van der Waals surface area contributed by atoms with Gasteiger partial charge < -0.3 is 14.8 Å². The van der Waals surface area contributed by atoms with Gasteiger partial charge in [-0.3, -0.25) is 0 Å². The Labute approximate surface area is 160 Å². The van der Waals surface area contributed by atoms with Crippen molar-refractivity contribution in [3.8, 4) is 0 Å². The molecule has 0 unspecified atom stereocenters. The maximum Gasteiger partial charge on any atom is 0.408 e. The average molecular weight is 367 g/mol. The molecular weight excluding hydrogens is 342 g/mol. The molecule has 0 aliphatic heterocycles. The number of carbonyl (C=O) groups is 2. The van der Waals surface area contributed by atoms with Crippen LogP contribution in [0.25, 0.3) is 0 Å². The molecule has 1 atom stereocenters. The van der Waals surface area contributed by atoms with Crippen molar-refractivity contribution in [2.75, 3.05) is 0 Å². The fourth-order valence-electron chi connectivity index (χ4n) is 2.57. The van der Waals surface area contributed by atoms with Crippen LogP contribution in [0.2, 0.25) is 0 Å². The monoisotopic (exact) mass is 367 g/mol. The minimum Gasteiger partial charge on any atom is -0.459 e. The van der Waals surface area contributed by atoms with E-state index in [1.165, 1.54) is 6.08 Å². The lowest BCUT2D eigenvalue weighted by atomic mass is 9.86. The Kier molecular flexibility index (Phi) is 7.17. The number of benzene rings is 2. The van der Waals surface area contributed by atoms with Gasteiger partial charge in [0, 0.05) is 0 Å². The van der Waals surface area contributed by atoms with E-state index < -0.39 is 17.6 Å². The predicted molar refractivity (Wildman–Crippen MR) is 104 cm³/mol. The Morgan fingerprint density at radius 3 is 1.89 bits per heavy atom. The van der Waals surface area contributed by atoms with Crippen LogP contribution in [0.5, 0.6) is 0 Å². The summed E-state index contributed by atoms with van der Waals surface area (Å²) in [5, 5.41) is 2.63. The lowest BCUT2D eigenvalue weighted by molar-refractivity contribution is -0.152. The first-order chi connectivity index (χ1) is 13.0. The predicted octanol–water partition coefficient (Wildman–Crippen LogP) is 4.24. The van der Waals surface area contributed by atoms with Crippen LogP contribution in [0.4, 0.5) is 4.79 Å². The molecule has 0 spiro atoms. The number of hydrogen-bond donors (Lipinski definition) is 1. The molecule has 27 heavy (non-hydrogen) atoms. The van der Waals surface area contributed by atoms with Crippen LogP contribution in [-0.4, -0.2) is 17.6 Å². The molecule has 1 N–H and O–H groups in total. The van der Waals surface area contributed by atoms with Crippen molar-refractivity contribution in [2.45, 2.75) is 32.6 Å². The molecule has 0 aromatic heterocycles. The zero-order valence-corrected chi connectivity index (χ0v) is 15.7. The molecule has 5 heteroatoms. The third kappa shape index (κ3) is 5.45. The summed E-state index contributed by atoms with van der Waals surface area (Å²) in [5.74, 6) is -0.851. The maximum atomic E-state index is 12.8. The summed E-state index contributed by atoms with van der Waals surface area (Å²) >= 11 is 0. The van der Waals surface area contributed by atoms with Crippen LogP contribution in [0.3, 0.4) is 0 Å². The highest BCUT2D eigenvalue weighted by Crippen LogP contribution is 2.22. The van der Waals surface area contributed by atoms with Crippen LogP contribution in [-0.2, 0) is 27.5 Å². The van der Waals surface area contributed by atoms with Gasteiger partial charge >= 0.3 is 12.1 Å². The molecule has 1 amide bonds. The van der Waals surface area contributed by atoms with Gasteiger partial charge in [0.1, 0.15) is 13.2 Å². The molecule has 0 saturated heterocycles. The normalized spacial score (nSPS) is 12.7. The van der Waals surface area contributed by atoms with Crippen molar-refractivity contribution in [1.29, 1.82) is 0 Å². The summed E-state index contributed by atoms with van der Waals surface area (Å²) in [6.45, 7) is 7.57. The van der Waals surface area contributed by atoms with E-state index in [2.05, 4.69) is 11.9 Å². The minimum absolute atomic E-state index is 0.108. The molecule has 5 nitrogen and oxygen atoms in total. The molecule has 0 saturated carbocycles. The first-order valence-electron chi connectivity index (χ1n) is 8.81. The molecular formula is C22H25NO4. The Hall–Kier alpha value is -3.08. The van der Waals surface area contributed by atoms with Gasteiger partial charge in [0.15, 0.2) is 5.54 Å². The second-order valence-corrected chi connectivity index (χ2v) is 6.48. The fraction of sp³-hybridized carbons (Fsp3) is 0.273. The van der Waals surface area contributed by atoms with Gasteiger partial charge in [-0.25, -0.2) is 9.59 Å². The van der Waals surface area contributed by atoms with Crippen LogP contribution < -0.4 is 5.32 Å². The highest BCUT2D eigenvalue weighted by atomic mass is 16.6. The number of carbonyl (C=O) groups excluding carboxylic acids is 2. The van der Waals surface area contributed by atoms with E-state index in [1.807, 2.05) is 74.5 Å². The third-order valence-electron chi connectivity index (χ3n) is 4.30. The summed E-state index contributed by atoms with van der Waals surface area (Å²) in [4.78, 5) is 25.0. The van der Waals surface area contributed by atoms with Crippen LogP contribution in [0.1, 0.15) is 25.0 Å². The second kappa shape index (κ2) is 9.57. The highest BCUT2D eigenvalue weighted by molar-refractivity contribution is 5.88. The lowest BCUT2D eigenvalue weighted by Gasteiger charge is -2.32. The summed E-state index contributed by atoms with van der Waals surface area (Å²) in [5.41, 5.74) is 0.343. The SMILES string of the molecule is C=C[C@@](NC(=O)OCc1ccccc1)(C(=O)OCc1ccccc1)C(C)C. The number of amides is 1. The van der Waals surface area contributed by atoms with Crippen molar-refractivity contribution < 1.29 is 19.1 Å². The Morgan fingerprint density at radius 1 is 0.963 bits per heavy atom. The lowest BCUT2D eigenvalue weighted by Crippen LogP contribution is -2.57. The van der Waals surface area contributed by atoms with E-state index in [1.54, 1.807) is 0 Å². The Bertz CT molecular complexity index is 758. The smallest absolute Gasteiger partial charge is 0.408 e. The molecule has 2 aromatic carbocycles. The molecule has 2 rings (SSSR count). The topological polar surface area (TPSA) is 64.6 Å². The first-order valence-corrected chi connectivity index (χ1v) is 8.81. The van der Waals surface area contributed by atoms with Crippen molar-refractivity contribution in [2.24, 2.45) is 5.92 Å². The highest BCUT2D eigenvalue weighted by Gasteiger charge is 2.42. The number of esters is 1. The van der Waals surface area contributed by atoms with Gasteiger partial charge in [-0.05, 0) is 17.0 Å². The molecule has 2 aromatic rings. The van der Waals surface area contributed by atoms with Gasteiger partial charge in [0.05, 0.1) is 0 Å². The van der Waals surface area contributed by atoms with E-state index in [4.69, 9.17) is 9.47 Å². The van der Waals surface area contributed by atoms with E-state index in [0.29, 0.717) is 0 Å². The van der Waals surface area contributed by atoms with Crippen molar-refractivity contribution >= 4 is 12.1 Å². The van der Waals surface area contributed by atoms with Crippen molar-refractivity contribution in [3.63, 3.8) is 0 Å². The van der Waals surface area contributed by atoms with Crippen LogP contribution in [0.15, 0.2) is 73.3 Å². The Balaban J connectivity index is 2.02. The summed E-state index contributed by atoms with van der Waals surface area (Å²) in [6.07, 6.45) is 0.693. The standard InChI is InChI=1S/C22H25NO4/c1-4-22(17(2)3,20(24)26-15-18-11-7-5-8-12-18)23-21(25)27-16-19-13-9-6-10-14-19/h4-14,17H,1,15-16H2,2-3H3,(H,23,25)/t22-/m0/s1. The molecule has 0 heterocycles. The summed E-state index contributed by atoms with van der Waals surface area (Å²) in [7, 11) is 0. The summed E-state index contributed by atoms with van der Waals surface area (Å²) in [6, 6.07) is 18.6. The van der Waals surface area contributed by atoms with Crippen molar-refractivity contribution in [1.82, 2.24) is 5.32 Å². The van der Waals surface area contributed by atoms with Gasteiger partial charge in [-0.1, -0.05) is 80.6 Å². The van der Waals surface area contributed by atoms with E-state index in [9.17, 15) is 9.59 Å². The van der Waals surface area contributed by atoms with E-state index in [0.717, 1.165) is 11.1 Å². The number of rotatable bonds is 8. The minimum atomic E-state index is -1.37. The van der Waals surface area contributed by atoms with Crippen LogP contribution >= 0.6 is 0 Å². The zero-order chi connectivity index (χ0) is 19.7. The van der Waals surface area contributed by atoms with E-state index >= 15 is 0 Å². The third-order valence-corrected chi connectivity index (χ3v) is 4.30. The number of hydrogen-bond acceptors (Lipinski definition) is 4. The zero-order valence-electron chi connectivity index (χ0n) is 15.7. The van der Waals surface area contributed by atoms with Gasteiger partial charge in [0.2, 0.25) is 0 Å². The van der Waals surface area contributed by atoms with E-state index in [-0.39, 0.29) is 19.1 Å². The first kappa shape index (κ1) is 20.2. The van der Waals surface area contributed by atoms with Crippen molar-refractivity contribution in [3.05, 3.63) is 84.4 Å². The second-order valence-electron chi connectivity index (χ2n) is 6.48. The van der Waals surface area contributed by atoms with Gasteiger partial charge in [-0.15, -0.1) is 6.58 Å². The molecule has 0 aliphatic carbocycles. The molecule has 142 valence electrons. The number of alkyl carbamates (subject to hydrolysis) is 1. The largest absolute Gasteiger partial charge is 0.459 e. The maximum absolute atomic E-state index is 12.8. The van der Waals surface area contributed by atoms with Gasteiger partial charge in [-0.2, -0.15) is 0 Å². The van der Waals surface area contributed by atoms with Crippen LogP contribution in [0, 0.1) is 5.92 Å². The quantitative estimate of drug-likeness (QED) is 0.560. The fourth-order valence-corrected chi connectivity index (χ4v) is 2.57. The average Bonchev–Trinajstić information content (AvgIpc) is 2.70. The molecule has 0 aliphatic rings. The summed E-state index contributed by atoms with van der Waals surface area (Å²) < 4.78 is 10.7. The van der Waals surface area contributed by atoms with Gasteiger partial charge in [0.25, 0.3) is 0 Å². The number of nitrogens with one attached hydrogen (secondary N) is 1.